The number of rotatable bonds is 2. The fourth-order valence-corrected chi connectivity index (χ4v) is 1.58. The van der Waals surface area contributed by atoms with Crippen LogP contribution < -0.4 is 4.74 Å². The average Bonchev–Trinajstić information content (AvgIpc) is 2.75. The molecule has 6 nitrogen and oxygen atoms in total. The number of aliphatic hydroxyl groups excluding tert-OH is 1. The lowest BCUT2D eigenvalue weighted by Gasteiger charge is -2.14. The number of amides is 1. The maximum atomic E-state index is 11.9. The molecule has 1 aromatic carbocycles. The Bertz CT molecular complexity index is 434. The second-order valence-electron chi connectivity index (χ2n) is 3.70. The van der Waals surface area contributed by atoms with Gasteiger partial charge in [-0.2, -0.15) is 0 Å². The van der Waals surface area contributed by atoms with Crippen LogP contribution in [0.4, 0.5) is 0 Å². The first-order valence-electron chi connectivity index (χ1n) is 5.11. The van der Waals surface area contributed by atoms with E-state index in [0.29, 0.717) is 5.75 Å². The van der Waals surface area contributed by atoms with Crippen molar-refractivity contribution in [2.24, 2.45) is 0 Å². The zero-order valence-corrected chi connectivity index (χ0v) is 9.29. The molecule has 1 aliphatic heterocycles. The first-order chi connectivity index (χ1) is 8.11. The lowest BCUT2D eigenvalue weighted by atomic mass is 10.2. The minimum absolute atomic E-state index is 0.105. The monoisotopic (exact) mass is 239 g/mol. The number of hydroxylamine groups is 2. The van der Waals surface area contributed by atoms with E-state index in [4.69, 9.17) is 9.57 Å². The van der Waals surface area contributed by atoms with E-state index in [1.165, 1.54) is 25.3 Å². The van der Waals surface area contributed by atoms with E-state index in [1.807, 2.05) is 0 Å². The van der Waals surface area contributed by atoms with Crippen molar-refractivity contribution in [2.75, 3.05) is 20.3 Å². The topological polar surface area (TPSA) is 79.2 Å². The SMILES string of the molecule is COc1ccc(C(=O)N2C[C@H](O)CO2)cc1O. The number of phenolic OH excluding ortho intramolecular Hbond substituents is 1. The summed E-state index contributed by atoms with van der Waals surface area (Å²) in [4.78, 5) is 16.9. The zero-order valence-electron chi connectivity index (χ0n) is 9.29. The number of carbonyl (C=O) groups excluding carboxylic acids is 1. The largest absolute Gasteiger partial charge is 0.504 e. The normalized spacial score (nSPS) is 19.4. The Kier molecular flexibility index (Phi) is 3.16. The van der Waals surface area contributed by atoms with Crippen molar-refractivity contribution in [1.29, 1.82) is 0 Å². The van der Waals surface area contributed by atoms with Gasteiger partial charge in [0.25, 0.3) is 5.91 Å². The first kappa shape index (κ1) is 11.7. The molecule has 92 valence electrons. The molecule has 1 aromatic rings. The van der Waals surface area contributed by atoms with Gasteiger partial charge in [0.2, 0.25) is 0 Å². The van der Waals surface area contributed by atoms with Gasteiger partial charge in [-0.05, 0) is 18.2 Å². The molecule has 0 aromatic heterocycles. The third-order valence-corrected chi connectivity index (χ3v) is 2.45. The van der Waals surface area contributed by atoms with Gasteiger partial charge >= 0.3 is 0 Å². The number of hydrogen-bond donors (Lipinski definition) is 2. The molecule has 2 N–H and O–H groups in total. The van der Waals surface area contributed by atoms with Gasteiger partial charge in [0.05, 0.1) is 13.7 Å². The van der Waals surface area contributed by atoms with Crippen molar-refractivity contribution >= 4 is 5.91 Å². The van der Waals surface area contributed by atoms with Crippen LogP contribution in [0.1, 0.15) is 10.4 Å². The Labute approximate surface area is 97.9 Å². The molecule has 6 heteroatoms. The summed E-state index contributed by atoms with van der Waals surface area (Å²) in [5.74, 6) is -0.221. The van der Waals surface area contributed by atoms with E-state index in [-0.39, 0.29) is 24.5 Å². The highest BCUT2D eigenvalue weighted by Gasteiger charge is 2.27. The van der Waals surface area contributed by atoms with Gasteiger partial charge in [0, 0.05) is 5.56 Å². The Morgan fingerprint density at radius 2 is 2.35 bits per heavy atom. The molecule has 0 spiro atoms. The van der Waals surface area contributed by atoms with Gasteiger partial charge in [-0.3, -0.25) is 9.63 Å². The molecule has 0 saturated carbocycles. The quantitative estimate of drug-likeness (QED) is 0.768. The Morgan fingerprint density at radius 1 is 1.59 bits per heavy atom. The maximum Gasteiger partial charge on any atom is 0.277 e. The van der Waals surface area contributed by atoms with E-state index in [9.17, 15) is 15.0 Å². The summed E-state index contributed by atoms with van der Waals surface area (Å²) in [5, 5.41) is 19.9. The van der Waals surface area contributed by atoms with Crippen molar-refractivity contribution in [3.63, 3.8) is 0 Å². The Balaban J connectivity index is 2.17. The summed E-state index contributed by atoms with van der Waals surface area (Å²) in [5.41, 5.74) is 0.275. The van der Waals surface area contributed by atoms with Gasteiger partial charge in [-0.1, -0.05) is 0 Å². The van der Waals surface area contributed by atoms with E-state index in [1.54, 1.807) is 0 Å². The molecule has 0 unspecified atom stereocenters. The van der Waals surface area contributed by atoms with Gasteiger partial charge in [0.15, 0.2) is 11.5 Å². The Morgan fingerprint density at radius 3 is 2.88 bits per heavy atom. The highest BCUT2D eigenvalue weighted by atomic mass is 16.7. The smallest absolute Gasteiger partial charge is 0.277 e. The summed E-state index contributed by atoms with van der Waals surface area (Å²) in [6.45, 7) is 0.236. The second kappa shape index (κ2) is 4.60. The van der Waals surface area contributed by atoms with Crippen LogP contribution in [0.3, 0.4) is 0 Å². The molecule has 1 heterocycles. The predicted molar refractivity (Wildman–Crippen MR) is 57.7 cm³/mol. The number of methoxy groups -OCH3 is 1. The molecule has 1 saturated heterocycles. The van der Waals surface area contributed by atoms with Gasteiger partial charge in [0.1, 0.15) is 12.7 Å². The standard InChI is InChI=1S/C11H13NO5/c1-16-10-3-2-7(4-9(10)14)11(15)12-5-8(13)6-17-12/h2-4,8,13-14H,5-6H2,1H3/t8-/m0/s1. The van der Waals surface area contributed by atoms with Crippen LogP contribution in [0.25, 0.3) is 0 Å². The van der Waals surface area contributed by atoms with E-state index < -0.39 is 12.0 Å². The number of aromatic hydroxyl groups is 1. The van der Waals surface area contributed by atoms with Crippen LogP contribution in [0.15, 0.2) is 18.2 Å². The number of ether oxygens (including phenoxy) is 1. The number of carbonyl (C=O) groups is 1. The molecule has 1 aliphatic rings. The van der Waals surface area contributed by atoms with Crippen LogP contribution >= 0.6 is 0 Å². The van der Waals surface area contributed by atoms with Gasteiger partial charge in [-0.15, -0.1) is 0 Å². The lowest BCUT2D eigenvalue weighted by Crippen LogP contribution is -2.28. The molecule has 0 aliphatic carbocycles. The van der Waals surface area contributed by atoms with Crippen molar-refractivity contribution < 1.29 is 24.6 Å². The third kappa shape index (κ3) is 2.32. The third-order valence-electron chi connectivity index (χ3n) is 2.45. The molecule has 2 rings (SSSR count). The van der Waals surface area contributed by atoms with Crippen LogP contribution in [0.5, 0.6) is 11.5 Å². The molecule has 0 bridgehead atoms. The number of nitrogens with zero attached hydrogens (tertiary/aromatic N) is 1. The summed E-state index contributed by atoms with van der Waals surface area (Å²) < 4.78 is 4.88. The summed E-state index contributed by atoms with van der Waals surface area (Å²) >= 11 is 0. The molecule has 0 radical (unpaired) electrons. The molecular weight excluding hydrogens is 226 g/mol. The van der Waals surface area contributed by atoms with Crippen LogP contribution in [0.2, 0.25) is 0 Å². The minimum Gasteiger partial charge on any atom is -0.504 e. The number of hydrogen-bond acceptors (Lipinski definition) is 5. The number of phenols is 1. The number of benzene rings is 1. The van der Waals surface area contributed by atoms with Crippen molar-refractivity contribution in [1.82, 2.24) is 5.06 Å². The summed E-state index contributed by atoms with van der Waals surface area (Å²) in [7, 11) is 1.43. The van der Waals surface area contributed by atoms with Crippen LogP contribution in [0, 0.1) is 0 Å². The van der Waals surface area contributed by atoms with Gasteiger partial charge < -0.3 is 14.9 Å². The number of aliphatic hydroxyl groups is 1. The van der Waals surface area contributed by atoms with Crippen molar-refractivity contribution in [3.05, 3.63) is 23.8 Å². The summed E-state index contributed by atoms with van der Waals surface area (Å²) in [6.07, 6.45) is -0.661. The lowest BCUT2D eigenvalue weighted by molar-refractivity contribution is -0.0779. The molecule has 17 heavy (non-hydrogen) atoms. The zero-order chi connectivity index (χ0) is 12.4. The Hall–Kier alpha value is -1.79. The maximum absolute atomic E-state index is 11.9. The predicted octanol–water partition coefficient (Wildman–Crippen LogP) is 0.149. The highest BCUT2D eigenvalue weighted by Crippen LogP contribution is 2.27. The minimum atomic E-state index is -0.661. The first-order valence-corrected chi connectivity index (χ1v) is 5.11. The van der Waals surface area contributed by atoms with Gasteiger partial charge in [-0.25, -0.2) is 5.06 Å². The highest BCUT2D eigenvalue weighted by molar-refractivity contribution is 5.94. The van der Waals surface area contributed by atoms with Crippen molar-refractivity contribution in [3.8, 4) is 11.5 Å². The van der Waals surface area contributed by atoms with E-state index in [2.05, 4.69) is 0 Å². The second-order valence-corrected chi connectivity index (χ2v) is 3.70. The fraction of sp³-hybridized carbons (Fsp3) is 0.364. The van der Waals surface area contributed by atoms with Crippen molar-refractivity contribution in [2.45, 2.75) is 6.10 Å². The van der Waals surface area contributed by atoms with Crippen LogP contribution in [-0.4, -0.2) is 47.5 Å². The summed E-state index contributed by atoms with van der Waals surface area (Å²) in [6, 6.07) is 4.32. The van der Waals surface area contributed by atoms with Crippen LogP contribution in [-0.2, 0) is 4.84 Å². The molecule has 1 atom stereocenters. The fourth-order valence-electron chi connectivity index (χ4n) is 1.58. The van der Waals surface area contributed by atoms with E-state index >= 15 is 0 Å². The number of β-amino-alcohol motifs (C(OH)–C–C–N with tert-alkyl or cyclic N) is 1. The molecule has 1 fully saturated rings. The molecular formula is C11H13NO5. The molecule has 1 amide bonds. The van der Waals surface area contributed by atoms with E-state index in [0.717, 1.165) is 5.06 Å². The average molecular weight is 239 g/mol.